The van der Waals surface area contributed by atoms with Crippen LogP contribution in [0.5, 0.6) is 5.75 Å². The summed E-state index contributed by atoms with van der Waals surface area (Å²) in [5, 5.41) is 12.9. The largest absolute Gasteiger partial charge is 0.496 e. The molecule has 0 amide bonds. The van der Waals surface area contributed by atoms with E-state index in [9.17, 15) is 5.11 Å². The van der Waals surface area contributed by atoms with Gasteiger partial charge in [0.05, 0.1) is 13.2 Å². The van der Waals surface area contributed by atoms with Crippen LogP contribution in [-0.2, 0) is 19.4 Å². The first-order valence-corrected chi connectivity index (χ1v) is 8.65. The highest BCUT2D eigenvalue weighted by Gasteiger charge is 2.29. The van der Waals surface area contributed by atoms with Crippen LogP contribution in [0.15, 0.2) is 24.5 Å². The Morgan fingerprint density at radius 2 is 1.96 bits per heavy atom. The Bertz CT molecular complexity index is 741. The van der Waals surface area contributed by atoms with Crippen molar-refractivity contribution in [1.82, 2.24) is 9.97 Å². The van der Waals surface area contributed by atoms with E-state index in [1.807, 2.05) is 6.07 Å². The lowest BCUT2D eigenvalue weighted by atomic mass is 9.80. The smallest absolute Gasteiger partial charge is 0.129 e. The van der Waals surface area contributed by atoms with Gasteiger partial charge in [-0.3, -0.25) is 0 Å². The van der Waals surface area contributed by atoms with Gasteiger partial charge in [-0.25, -0.2) is 9.97 Å². The van der Waals surface area contributed by atoms with E-state index in [0.29, 0.717) is 12.5 Å². The Morgan fingerprint density at radius 1 is 1.17 bits per heavy atom. The van der Waals surface area contributed by atoms with E-state index in [2.05, 4.69) is 27.4 Å². The maximum absolute atomic E-state index is 9.46. The molecule has 5 heteroatoms. The fraction of sp³-hybridized carbons (Fsp3) is 0.474. The number of aliphatic hydroxyl groups excluding tert-OH is 1. The predicted octanol–water partition coefficient (Wildman–Crippen LogP) is 2.82. The number of aryl methyl sites for hydroxylation is 2. The van der Waals surface area contributed by atoms with Crippen LogP contribution >= 0.6 is 0 Å². The minimum absolute atomic E-state index is 0.169. The van der Waals surface area contributed by atoms with Crippen LogP contribution in [0, 0.1) is 0 Å². The molecule has 0 unspecified atom stereocenters. The molecular weight excluding hydrogens is 302 g/mol. The van der Waals surface area contributed by atoms with Gasteiger partial charge in [-0.15, -0.1) is 0 Å². The van der Waals surface area contributed by atoms with E-state index in [-0.39, 0.29) is 6.10 Å². The summed E-state index contributed by atoms with van der Waals surface area (Å²) in [5.41, 5.74) is 5.04. The Kier molecular flexibility index (Phi) is 4.10. The van der Waals surface area contributed by atoms with Crippen LogP contribution < -0.4 is 10.1 Å². The zero-order valence-electron chi connectivity index (χ0n) is 14.0. The molecule has 0 saturated heterocycles. The monoisotopic (exact) mass is 325 g/mol. The second kappa shape index (κ2) is 6.40. The van der Waals surface area contributed by atoms with Crippen LogP contribution in [0.25, 0.3) is 0 Å². The molecule has 126 valence electrons. The summed E-state index contributed by atoms with van der Waals surface area (Å²) in [6.07, 6.45) is 6.58. The zero-order chi connectivity index (χ0) is 16.5. The molecule has 4 rings (SSSR count). The number of methoxy groups -OCH3 is 1. The summed E-state index contributed by atoms with van der Waals surface area (Å²) in [4.78, 5) is 8.66. The molecule has 0 radical (unpaired) electrons. The Hall–Kier alpha value is -2.14. The molecule has 1 saturated carbocycles. The van der Waals surface area contributed by atoms with Crippen molar-refractivity contribution < 1.29 is 9.84 Å². The van der Waals surface area contributed by atoms with Crippen LogP contribution in [0.4, 0.5) is 5.82 Å². The maximum Gasteiger partial charge on any atom is 0.129 e. The number of anilines is 1. The third-order valence-corrected chi connectivity index (χ3v) is 5.17. The van der Waals surface area contributed by atoms with E-state index in [4.69, 9.17) is 4.74 Å². The zero-order valence-corrected chi connectivity index (χ0v) is 14.0. The molecule has 0 aliphatic heterocycles. The van der Waals surface area contributed by atoms with Crippen LogP contribution in [0.3, 0.4) is 0 Å². The van der Waals surface area contributed by atoms with Gasteiger partial charge in [-0.1, -0.05) is 6.07 Å². The molecule has 0 atom stereocenters. The maximum atomic E-state index is 9.46. The van der Waals surface area contributed by atoms with Gasteiger partial charge in [0.15, 0.2) is 0 Å². The lowest BCUT2D eigenvalue weighted by Gasteiger charge is -2.30. The molecule has 1 aromatic carbocycles. The number of nitrogens with one attached hydrogen (secondary N) is 1. The van der Waals surface area contributed by atoms with Crippen LogP contribution in [0.1, 0.15) is 47.6 Å². The second-order valence-corrected chi connectivity index (χ2v) is 6.79. The number of aromatic nitrogens is 2. The van der Waals surface area contributed by atoms with Gasteiger partial charge in [0, 0.05) is 29.8 Å². The number of aliphatic hydroxyl groups is 1. The lowest BCUT2D eigenvalue weighted by Crippen LogP contribution is -2.27. The minimum Gasteiger partial charge on any atom is -0.496 e. The molecule has 2 aromatic rings. The van der Waals surface area contributed by atoms with Gasteiger partial charge in [-0.2, -0.15) is 0 Å². The number of fused-ring (bicyclic) bond motifs is 1. The predicted molar refractivity (Wildman–Crippen MR) is 92.4 cm³/mol. The normalized spacial score (nSPS) is 21.9. The van der Waals surface area contributed by atoms with E-state index < -0.39 is 0 Å². The van der Waals surface area contributed by atoms with Gasteiger partial charge in [0.2, 0.25) is 0 Å². The molecular formula is C19H23N3O2. The summed E-state index contributed by atoms with van der Waals surface area (Å²) < 4.78 is 5.56. The Balaban J connectivity index is 1.48. The SMILES string of the molecule is COc1cc2c(cc1CNc1cc(C3CC(O)C3)ncn1)CCC2. The van der Waals surface area contributed by atoms with Gasteiger partial charge in [-0.05, 0) is 49.3 Å². The Labute approximate surface area is 142 Å². The van der Waals surface area contributed by atoms with Crippen molar-refractivity contribution in [1.29, 1.82) is 0 Å². The van der Waals surface area contributed by atoms with E-state index in [0.717, 1.165) is 48.5 Å². The molecule has 1 aromatic heterocycles. The molecule has 1 heterocycles. The molecule has 0 spiro atoms. The van der Waals surface area contributed by atoms with E-state index in [1.165, 1.54) is 17.5 Å². The molecule has 24 heavy (non-hydrogen) atoms. The molecule has 2 N–H and O–H groups in total. The molecule has 5 nitrogen and oxygen atoms in total. The fourth-order valence-corrected chi connectivity index (χ4v) is 3.69. The van der Waals surface area contributed by atoms with Gasteiger partial charge in [0.1, 0.15) is 17.9 Å². The lowest BCUT2D eigenvalue weighted by molar-refractivity contribution is 0.0732. The third-order valence-electron chi connectivity index (χ3n) is 5.17. The van der Waals surface area contributed by atoms with Crippen molar-refractivity contribution in [2.24, 2.45) is 0 Å². The summed E-state index contributed by atoms with van der Waals surface area (Å²) in [7, 11) is 1.73. The average Bonchev–Trinajstić information content (AvgIpc) is 3.03. The first-order valence-electron chi connectivity index (χ1n) is 8.65. The van der Waals surface area contributed by atoms with Crippen LogP contribution in [0.2, 0.25) is 0 Å². The number of benzene rings is 1. The topological polar surface area (TPSA) is 67.3 Å². The molecule has 0 bridgehead atoms. The van der Waals surface area contributed by atoms with Crippen molar-refractivity contribution in [3.8, 4) is 5.75 Å². The molecule has 2 aliphatic carbocycles. The molecule has 1 fully saturated rings. The van der Waals surface area contributed by atoms with Gasteiger partial charge < -0.3 is 15.2 Å². The molecule has 2 aliphatic rings. The summed E-state index contributed by atoms with van der Waals surface area (Å²) >= 11 is 0. The van der Waals surface area contributed by atoms with E-state index in [1.54, 1.807) is 13.4 Å². The van der Waals surface area contributed by atoms with E-state index >= 15 is 0 Å². The minimum atomic E-state index is -0.169. The third kappa shape index (κ3) is 2.96. The van der Waals surface area contributed by atoms with Crippen LogP contribution in [-0.4, -0.2) is 28.3 Å². The number of hydrogen-bond donors (Lipinski definition) is 2. The summed E-state index contributed by atoms with van der Waals surface area (Å²) in [6.45, 7) is 0.681. The highest BCUT2D eigenvalue weighted by atomic mass is 16.5. The summed E-state index contributed by atoms with van der Waals surface area (Å²) in [5.74, 6) is 2.13. The number of nitrogens with zero attached hydrogens (tertiary/aromatic N) is 2. The van der Waals surface area contributed by atoms with Gasteiger partial charge >= 0.3 is 0 Å². The number of rotatable bonds is 5. The number of ether oxygens (including phenoxy) is 1. The van der Waals surface area contributed by atoms with Crippen molar-refractivity contribution in [3.63, 3.8) is 0 Å². The fourth-order valence-electron chi connectivity index (χ4n) is 3.69. The average molecular weight is 325 g/mol. The highest BCUT2D eigenvalue weighted by Crippen LogP contribution is 2.36. The quantitative estimate of drug-likeness (QED) is 0.885. The highest BCUT2D eigenvalue weighted by molar-refractivity contribution is 5.47. The summed E-state index contributed by atoms with van der Waals surface area (Å²) in [6, 6.07) is 6.44. The first-order chi connectivity index (χ1) is 11.7. The van der Waals surface area contributed by atoms with Crippen molar-refractivity contribution in [2.75, 3.05) is 12.4 Å². The van der Waals surface area contributed by atoms with Crippen molar-refractivity contribution in [3.05, 3.63) is 46.9 Å². The second-order valence-electron chi connectivity index (χ2n) is 6.79. The number of hydrogen-bond acceptors (Lipinski definition) is 5. The van der Waals surface area contributed by atoms with Crippen molar-refractivity contribution >= 4 is 5.82 Å². The first kappa shape index (κ1) is 15.4. The van der Waals surface area contributed by atoms with Gasteiger partial charge in [0.25, 0.3) is 0 Å². The van der Waals surface area contributed by atoms with Crippen molar-refractivity contribution in [2.45, 2.75) is 50.7 Å². The standard InChI is InChI=1S/C19H23N3O2/c1-24-18-8-13-4-2-3-12(13)5-15(18)10-20-19-9-17(21-11-22-19)14-6-16(23)7-14/h5,8-9,11,14,16,23H,2-4,6-7,10H2,1H3,(H,20,21,22). The Morgan fingerprint density at radius 3 is 2.71 bits per heavy atom.